The Hall–Kier alpha value is -1.53. The zero-order valence-electron chi connectivity index (χ0n) is 10.5. The van der Waals surface area contributed by atoms with Crippen LogP contribution in [-0.4, -0.2) is 31.6 Å². The highest BCUT2D eigenvalue weighted by molar-refractivity contribution is 7.99. The smallest absolute Gasteiger partial charge is 0.313 e. The van der Waals surface area contributed by atoms with Gasteiger partial charge in [-0.2, -0.15) is 0 Å². The quantitative estimate of drug-likeness (QED) is 0.860. The summed E-state index contributed by atoms with van der Waals surface area (Å²) in [4.78, 5) is 10.7. The number of carboxylic acid groups (broad SMARTS) is 1. The number of aromatic nitrogens is 3. The number of benzene rings is 1. The maximum Gasteiger partial charge on any atom is 0.313 e. The first-order valence-corrected chi connectivity index (χ1v) is 7.57. The van der Waals surface area contributed by atoms with Crippen LogP contribution in [0.2, 0.25) is 5.02 Å². The topological polar surface area (TPSA) is 68.0 Å². The van der Waals surface area contributed by atoms with Crippen LogP contribution in [0.3, 0.4) is 0 Å². The fourth-order valence-corrected chi connectivity index (χ4v) is 2.74. The number of thioether (sulfide) groups is 1. The standard InChI is InChI=1S/C13H12ClN3O2S/c14-9-3-5-10(6-4-9)17-12(8-1-2-8)15-16-13(17)20-7-11(18)19/h3-6,8H,1-2,7H2,(H,18,19). The molecule has 0 spiro atoms. The Morgan fingerprint density at radius 1 is 1.35 bits per heavy atom. The Balaban J connectivity index is 1.98. The Morgan fingerprint density at radius 2 is 2.05 bits per heavy atom. The number of hydrogen-bond donors (Lipinski definition) is 1. The number of halogens is 1. The Kier molecular flexibility index (Phi) is 3.67. The molecule has 0 saturated heterocycles. The van der Waals surface area contributed by atoms with E-state index in [4.69, 9.17) is 16.7 Å². The SMILES string of the molecule is O=C(O)CSc1nnc(C2CC2)n1-c1ccc(Cl)cc1. The third-order valence-corrected chi connectivity index (χ3v) is 4.18. The van der Waals surface area contributed by atoms with E-state index in [0.29, 0.717) is 16.1 Å². The summed E-state index contributed by atoms with van der Waals surface area (Å²) < 4.78 is 1.93. The van der Waals surface area contributed by atoms with Gasteiger partial charge in [0.15, 0.2) is 5.16 Å². The largest absolute Gasteiger partial charge is 0.481 e. The van der Waals surface area contributed by atoms with Crippen LogP contribution in [-0.2, 0) is 4.79 Å². The predicted octanol–water partition coefficient (Wildman–Crippen LogP) is 2.97. The molecule has 1 aliphatic carbocycles. The normalized spacial score (nSPS) is 14.4. The highest BCUT2D eigenvalue weighted by Crippen LogP contribution is 2.41. The first-order chi connectivity index (χ1) is 9.65. The molecule has 2 aromatic rings. The fourth-order valence-electron chi connectivity index (χ4n) is 1.94. The average molecular weight is 310 g/mol. The molecule has 1 saturated carbocycles. The molecule has 1 heterocycles. The number of carbonyl (C=O) groups is 1. The minimum Gasteiger partial charge on any atom is -0.481 e. The highest BCUT2D eigenvalue weighted by atomic mass is 35.5. The minimum absolute atomic E-state index is 0.0314. The summed E-state index contributed by atoms with van der Waals surface area (Å²) in [5, 5.41) is 18.4. The molecule has 0 unspecified atom stereocenters. The molecular formula is C13H12ClN3O2S. The van der Waals surface area contributed by atoms with Crippen LogP contribution >= 0.6 is 23.4 Å². The summed E-state index contributed by atoms with van der Waals surface area (Å²) in [7, 11) is 0. The van der Waals surface area contributed by atoms with Crippen molar-refractivity contribution in [3.05, 3.63) is 35.1 Å². The molecule has 3 rings (SSSR count). The van der Waals surface area contributed by atoms with E-state index in [-0.39, 0.29) is 5.75 Å². The number of hydrogen-bond acceptors (Lipinski definition) is 4. The van der Waals surface area contributed by atoms with Crippen molar-refractivity contribution in [2.24, 2.45) is 0 Å². The number of rotatable bonds is 5. The van der Waals surface area contributed by atoms with Crippen LogP contribution in [0.25, 0.3) is 5.69 Å². The van der Waals surface area contributed by atoms with Crippen molar-refractivity contribution in [2.75, 3.05) is 5.75 Å². The zero-order valence-corrected chi connectivity index (χ0v) is 12.1. The van der Waals surface area contributed by atoms with Crippen molar-refractivity contribution >= 4 is 29.3 Å². The summed E-state index contributed by atoms with van der Waals surface area (Å²) in [6, 6.07) is 7.39. The van der Waals surface area contributed by atoms with E-state index in [1.54, 1.807) is 12.1 Å². The molecule has 5 nitrogen and oxygen atoms in total. The molecule has 0 amide bonds. The fraction of sp³-hybridized carbons (Fsp3) is 0.308. The summed E-state index contributed by atoms with van der Waals surface area (Å²) >= 11 is 7.08. The second-order valence-corrected chi connectivity index (χ2v) is 5.99. The lowest BCUT2D eigenvalue weighted by molar-refractivity contribution is -0.133. The van der Waals surface area contributed by atoms with E-state index in [9.17, 15) is 4.79 Å². The van der Waals surface area contributed by atoms with Crippen molar-refractivity contribution in [3.63, 3.8) is 0 Å². The summed E-state index contributed by atoms with van der Waals surface area (Å²) in [6.45, 7) is 0. The maximum absolute atomic E-state index is 10.7. The van der Waals surface area contributed by atoms with Gasteiger partial charge in [-0.05, 0) is 37.1 Å². The van der Waals surface area contributed by atoms with Crippen molar-refractivity contribution in [2.45, 2.75) is 23.9 Å². The van der Waals surface area contributed by atoms with Crippen LogP contribution in [0.15, 0.2) is 29.4 Å². The van der Waals surface area contributed by atoms with E-state index in [1.165, 1.54) is 11.8 Å². The van der Waals surface area contributed by atoms with Crippen molar-refractivity contribution in [1.29, 1.82) is 0 Å². The van der Waals surface area contributed by atoms with Crippen LogP contribution < -0.4 is 0 Å². The molecule has 7 heteroatoms. The lowest BCUT2D eigenvalue weighted by Crippen LogP contribution is -2.04. The van der Waals surface area contributed by atoms with Crippen molar-refractivity contribution in [1.82, 2.24) is 14.8 Å². The van der Waals surface area contributed by atoms with Crippen LogP contribution in [0.4, 0.5) is 0 Å². The van der Waals surface area contributed by atoms with E-state index >= 15 is 0 Å². The predicted molar refractivity (Wildman–Crippen MR) is 76.7 cm³/mol. The minimum atomic E-state index is -0.867. The van der Waals surface area contributed by atoms with Gasteiger partial charge in [-0.25, -0.2) is 0 Å². The highest BCUT2D eigenvalue weighted by Gasteiger charge is 2.31. The third-order valence-electron chi connectivity index (χ3n) is 3.01. The molecule has 1 aliphatic rings. The Morgan fingerprint density at radius 3 is 2.65 bits per heavy atom. The lowest BCUT2D eigenvalue weighted by atomic mass is 10.3. The monoisotopic (exact) mass is 309 g/mol. The van der Waals surface area contributed by atoms with E-state index < -0.39 is 5.97 Å². The van der Waals surface area contributed by atoms with E-state index in [1.807, 2.05) is 16.7 Å². The van der Waals surface area contributed by atoms with Gasteiger partial charge >= 0.3 is 5.97 Å². The van der Waals surface area contributed by atoms with Crippen LogP contribution in [0.5, 0.6) is 0 Å². The lowest BCUT2D eigenvalue weighted by Gasteiger charge is -2.09. The molecule has 0 bridgehead atoms. The second kappa shape index (κ2) is 5.46. The molecule has 104 valence electrons. The van der Waals surface area contributed by atoms with Gasteiger partial charge in [0, 0.05) is 16.6 Å². The zero-order chi connectivity index (χ0) is 14.1. The van der Waals surface area contributed by atoms with Gasteiger partial charge in [0.2, 0.25) is 0 Å². The summed E-state index contributed by atoms with van der Waals surface area (Å²) in [5.74, 6) is 0.433. The summed E-state index contributed by atoms with van der Waals surface area (Å²) in [6.07, 6.45) is 2.21. The van der Waals surface area contributed by atoms with Crippen LogP contribution in [0.1, 0.15) is 24.6 Å². The molecule has 0 aliphatic heterocycles. The van der Waals surface area contributed by atoms with E-state index in [0.717, 1.165) is 24.4 Å². The summed E-state index contributed by atoms with van der Waals surface area (Å²) in [5.41, 5.74) is 0.911. The van der Waals surface area contributed by atoms with Crippen molar-refractivity contribution < 1.29 is 9.90 Å². The Bertz CT molecular complexity index is 638. The van der Waals surface area contributed by atoms with E-state index in [2.05, 4.69) is 10.2 Å². The molecule has 0 radical (unpaired) electrons. The number of aliphatic carboxylic acids is 1. The average Bonchev–Trinajstić information content (AvgIpc) is 3.18. The van der Waals surface area contributed by atoms with Crippen molar-refractivity contribution in [3.8, 4) is 5.69 Å². The van der Waals surface area contributed by atoms with Gasteiger partial charge < -0.3 is 5.11 Å². The molecule has 20 heavy (non-hydrogen) atoms. The second-order valence-electron chi connectivity index (χ2n) is 4.61. The molecule has 0 atom stereocenters. The molecular weight excluding hydrogens is 298 g/mol. The number of nitrogens with zero attached hydrogens (tertiary/aromatic N) is 3. The number of carboxylic acids is 1. The first-order valence-electron chi connectivity index (χ1n) is 6.21. The first kappa shape index (κ1) is 13.5. The maximum atomic E-state index is 10.7. The molecule has 1 aromatic carbocycles. The Labute approximate surface area is 125 Å². The van der Waals surface area contributed by atoms with Gasteiger partial charge in [0.25, 0.3) is 0 Å². The van der Waals surface area contributed by atoms with Gasteiger partial charge in [-0.15, -0.1) is 10.2 Å². The van der Waals surface area contributed by atoms with Gasteiger partial charge in [-0.1, -0.05) is 23.4 Å². The van der Waals surface area contributed by atoms with Gasteiger partial charge in [0.05, 0.1) is 5.75 Å². The van der Waals surface area contributed by atoms with Gasteiger partial charge in [-0.3, -0.25) is 9.36 Å². The van der Waals surface area contributed by atoms with Crippen LogP contribution in [0, 0.1) is 0 Å². The van der Waals surface area contributed by atoms with Gasteiger partial charge in [0.1, 0.15) is 5.82 Å². The molecule has 1 fully saturated rings. The molecule has 1 N–H and O–H groups in total. The third kappa shape index (κ3) is 2.81. The molecule has 1 aromatic heterocycles.